The molecule has 7 atom stereocenters. The lowest BCUT2D eigenvalue weighted by Gasteiger charge is -2.61. The highest BCUT2D eigenvalue weighted by Gasteiger charge is 2.77. The number of fused-ring (bicyclic) bond motifs is 4. The van der Waals surface area contributed by atoms with E-state index in [1.54, 1.807) is 0 Å². The Morgan fingerprint density at radius 2 is 1.92 bits per heavy atom. The first kappa shape index (κ1) is 15.4. The van der Waals surface area contributed by atoms with Crippen LogP contribution >= 0.6 is 0 Å². The molecule has 132 valence electrons. The number of carbonyl (C=O) groups is 1. The fourth-order valence-corrected chi connectivity index (χ4v) is 7.33. The zero-order valence-electron chi connectivity index (χ0n) is 15.1. The van der Waals surface area contributed by atoms with Gasteiger partial charge in [-0.2, -0.15) is 0 Å². The first-order chi connectivity index (χ1) is 11.2. The average Bonchev–Trinajstić information content (AvgIpc) is 3.10. The van der Waals surface area contributed by atoms with Crippen LogP contribution in [0.3, 0.4) is 0 Å². The number of aliphatic hydroxyl groups excluding tert-OH is 1. The van der Waals surface area contributed by atoms with E-state index in [0.29, 0.717) is 16.9 Å². The maximum absolute atomic E-state index is 12.1. The quantitative estimate of drug-likeness (QED) is 0.547. The van der Waals surface area contributed by atoms with E-state index in [1.165, 1.54) is 12.8 Å². The second-order valence-electron chi connectivity index (χ2n) is 9.77. The van der Waals surface area contributed by atoms with E-state index in [9.17, 15) is 9.90 Å². The van der Waals surface area contributed by atoms with Crippen molar-refractivity contribution in [2.45, 2.75) is 83.7 Å². The SMILES string of the molecule is CC1=C2C(OC1=O)C(O)C1C3(C)CCCC(C)(C)C3CCC13OC23. The van der Waals surface area contributed by atoms with Gasteiger partial charge in [-0.05, 0) is 49.4 Å². The van der Waals surface area contributed by atoms with Crippen LogP contribution in [-0.2, 0) is 14.3 Å². The van der Waals surface area contributed by atoms with Crippen LogP contribution in [0.1, 0.15) is 59.8 Å². The third-order valence-corrected chi connectivity index (χ3v) is 8.27. The number of rotatable bonds is 0. The van der Waals surface area contributed by atoms with Gasteiger partial charge in [-0.15, -0.1) is 0 Å². The van der Waals surface area contributed by atoms with Crippen LogP contribution in [0, 0.1) is 22.7 Å². The molecule has 4 nitrogen and oxygen atoms in total. The molecular formula is C20H28O4. The van der Waals surface area contributed by atoms with Crippen molar-refractivity contribution in [1.29, 1.82) is 0 Å². The second kappa shape index (κ2) is 4.27. The molecule has 5 aliphatic rings. The summed E-state index contributed by atoms with van der Waals surface area (Å²) in [6, 6.07) is 0. The average molecular weight is 332 g/mol. The number of ether oxygens (including phenoxy) is 2. The predicted molar refractivity (Wildman–Crippen MR) is 88.1 cm³/mol. The van der Waals surface area contributed by atoms with Gasteiger partial charge in [0.25, 0.3) is 0 Å². The number of aliphatic hydroxyl groups is 1. The lowest BCUT2D eigenvalue weighted by atomic mass is 9.43. The topological polar surface area (TPSA) is 59.1 Å². The van der Waals surface area contributed by atoms with Crippen LogP contribution < -0.4 is 0 Å². The summed E-state index contributed by atoms with van der Waals surface area (Å²) < 4.78 is 11.9. The third-order valence-electron chi connectivity index (χ3n) is 8.27. The van der Waals surface area contributed by atoms with Crippen LogP contribution in [0.4, 0.5) is 0 Å². The molecule has 0 bridgehead atoms. The summed E-state index contributed by atoms with van der Waals surface area (Å²) in [5, 5.41) is 11.3. The molecule has 0 aromatic heterocycles. The highest BCUT2D eigenvalue weighted by Crippen LogP contribution is 2.71. The second-order valence-corrected chi connectivity index (χ2v) is 9.77. The van der Waals surface area contributed by atoms with E-state index < -0.39 is 12.2 Å². The van der Waals surface area contributed by atoms with Gasteiger partial charge in [0, 0.05) is 17.1 Å². The molecule has 3 saturated carbocycles. The fourth-order valence-electron chi connectivity index (χ4n) is 7.33. The molecule has 0 radical (unpaired) electrons. The van der Waals surface area contributed by atoms with E-state index in [-0.39, 0.29) is 29.0 Å². The summed E-state index contributed by atoms with van der Waals surface area (Å²) in [7, 11) is 0. The Hall–Kier alpha value is -0.870. The highest BCUT2D eigenvalue weighted by molar-refractivity contribution is 5.92. The molecule has 2 heterocycles. The summed E-state index contributed by atoms with van der Waals surface area (Å²) in [5.74, 6) is 0.391. The molecule has 4 fully saturated rings. The van der Waals surface area contributed by atoms with Crippen molar-refractivity contribution in [2.75, 3.05) is 0 Å². The number of hydrogen-bond acceptors (Lipinski definition) is 4. The van der Waals surface area contributed by atoms with E-state index in [0.717, 1.165) is 24.8 Å². The van der Waals surface area contributed by atoms with Crippen molar-refractivity contribution in [3.05, 3.63) is 11.1 Å². The Morgan fingerprint density at radius 3 is 2.67 bits per heavy atom. The van der Waals surface area contributed by atoms with Gasteiger partial charge in [0.15, 0.2) is 6.10 Å². The largest absolute Gasteiger partial charge is 0.452 e. The third kappa shape index (κ3) is 1.56. The molecule has 1 saturated heterocycles. The van der Waals surface area contributed by atoms with Gasteiger partial charge in [0.1, 0.15) is 17.8 Å². The number of carbonyl (C=O) groups excluding carboxylic acids is 1. The van der Waals surface area contributed by atoms with Crippen molar-refractivity contribution < 1.29 is 19.4 Å². The van der Waals surface area contributed by atoms with Gasteiger partial charge in [-0.3, -0.25) is 0 Å². The van der Waals surface area contributed by atoms with Crippen molar-refractivity contribution >= 4 is 5.97 Å². The smallest absolute Gasteiger partial charge is 0.334 e. The number of epoxide rings is 1. The van der Waals surface area contributed by atoms with Crippen LogP contribution in [0.2, 0.25) is 0 Å². The Balaban J connectivity index is 1.61. The van der Waals surface area contributed by atoms with Gasteiger partial charge >= 0.3 is 5.97 Å². The minimum absolute atomic E-state index is 0.00911. The minimum atomic E-state index is -0.637. The molecule has 0 aromatic carbocycles. The maximum Gasteiger partial charge on any atom is 0.334 e. The minimum Gasteiger partial charge on any atom is -0.452 e. The zero-order chi connectivity index (χ0) is 17.1. The highest BCUT2D eigenvalue weighted by atomic mass is 16.6. The van der Waals surface area contributed by atoms with Crippen molar-refractivity contribution in [1.82, 2.24) is 0 Å². The standard InChI is InChI=1S/C20H28O4/c1-10-12-14(23-17(10)22)13(21)15-19(4)8-5-7-18(2,3)11(19)6-9-20(15)16(12)24-20/h11,13-16,21H,5-9H2,1-4H3. The Morgan fingerprint density at radius 1 is 1.17 bits per heavy atom. The van der Waals surface area contributed by atoms with E-state index in [2.05, 4.69) is 20.8 Å². The molecule has 1 spiro atoms. The number of esters is 1. The normalized spacial score (nSPS) is 54.4. The van der Waals surface area contributed by atoms with Crippen LogP contribution in [-0.4, -0.2) is 35.0 Å². The van der Waals surface area contributed by atoms with E-state index >= 15 is 0 Å². The fraction of sp³-hybridized carbons (Fsp3) is 0.850. The molecule has 0 amide bonds. The lowest BCUT2D eigenvalue weighted by molar-refractivity contribution is -0.174. The van der Waals surface area contributed by atoms with Gasteiger partial charge in [0.2, 0.25) is 0 Å². The van der Waals surface area contributed by atoms with Crippen LogP contribution in [0.25, 0.3) is 0 Å². The van der Waals surface area contributed by atoms with E-state index in [4.69, 9.17) is 9.47 Å². The van der Waals surface area contributed by atoms with E-state index in [1.807, 2.05) is 6.92 Å². The molecule has 5 rings (SSSR count). The van der Waals surface area contributed by atoms with Crippen molar-refractivity contribution in [3.63, 3.8) is 0 Å². The Kier molecular flexibility index (Phi) is 2.74. The molecule has 24 heavy (non-hydrogen) atoms. The van der Waals surface area contributed by atoms with Gasteiger partial charge in [-0.1, -0.05) is 27.2 Å². The maximum atomic E-state index is 12.1. The first-order valence-electron chi connectivity index (χ1n) is 9.50. The summed E-state index contributed by atoms with van der Waals surface area (Å²) in [5.41, 5.74) is 1.70. The number of hydrogen-bond donors (Lipinski definition) is 1. The van der Waals surface area contributed by atoms with Crippen molar-refractivity contribution in [3.8, 4) is 0 Å². The zero-order valence-corrected chi connectivity index (χ0v) is 15.1. The Labute approximate surface area is 143 Å². The van der Waals surface area contributed by atoms with Gasteiger partial charge < -0.3 is 14.6 Å². The molecule has 4 heteroatoms. The summed E-state index contributed by atoms with van der Waals surface area (Å²) in [6.45, 7) is 8.96. The lowest BCUT2D eigenvalue weighted by Crippen LogP contribution is -2.63. The summed E-state index contributed by atoms with van der Waals surface area (Å²) >= 11 is 0. The Bertz CT molecular complexity index is 665. The van der Waals surface area contributed by atoms with Crippen LogP contribution in [0.5, 0.6) is 0 Å². The first-order valence-corrected chi connectivity index (χ1v) is 9.50. The molecule has 7 unspecified atom stereocenters. The molecule has 0 aromatic rings. The molecular weight excluding hydrogens is 304 g/mol. The predicted octanol–water partition coefficient (Wildman–Crippen LogP) is 2.98. The monoisotopic (exact) mass is 332 g/mol. The molecule has 1 N–H and O–H groups in total. The summed E-state index contributed by atoms with van der Waals surface area (Å²) in [4.78, 5) is 12.1. The van der Waals surface area contributed by atoms with Gasteiger partial charge in [0.05, 0.1) is 0 Å². The van der Waals surface area contributed by atoms with Crippen molar-refractivity contribution in [2.24, 2.45) is 22.7 Å². The summed E-state index contributed by atoms with van der Waals surface area (Å²) in [6.07, 6.45) is 4.64. The molecule has 2 aliphatic heterocycles. The van der Waals surface area contributed by atoms with Gasteiger partial charge in [-0.25, -0.2) is 4.79 Å². The molecule has 3 aliphatic carbocycles. The van der Waals surface area contributed by atoms with Crippen LogP contribution in [0.15, 0.2) is 11.1 Å².